The van der Waals surface area contributed by atoms with E-state index in [9.17, 15) is 14.7 Å². The van der Waals surface area contributed by atoms with Crippen LogP contribution < -0.4 is 15.5 Å². The molecule has 1 aliphatic heterocycles. The van der Waals surface area contributed by atoms with Gasteiger partial charge in [-0.2, -0.15) is 5.10 Å². The van der Waals surface area contributed by atoms with E-state index < -0.39 is 0 Å². The fraction of sp³-hybridized carbons (Fsp3) is 0.333. The van der Waals surface area contributed by atoms with Crippen LogP contribution in [-0.2, 0) is 7.05 Å². The molecule has 1 aromatic heterocycles. The van der Waals surface area contributed by atoms with E-state index in [1.165, 1.54) is 6.20 Å². The Hall–Kier alpha value is -3.95. The fourth-order valence-corrected chi connectivity index (χ4v) is 5.19. The molecule has 2 heterocycles. The number of aliphatic imine (C=N–C) groups is 1. The van der Waals surface area contributed by atoms with Crippen LogP contribution in [0.3, 0.4) is 0 Å². The van der Waals surface area contributed by atoms with Crippen LogP contribution in [0, 0.1) is 5.92 Å². The van der Waals surface area contributed by atoms with E-state index in [0.29, 0.717) is 33.9 Å². The number of halogens is 1. The molecule has 5 rings (SSSR count). The van der Waals surface area contributed by atoms with Crippen LogP contribution in [0.5, 0.6) is 0 Å². The summed E-state index contributed by atoms with van der Waals surface area (Å²) in [6.45, 7) is 3.71. The molecule has 0 saturated carbocycles. The fourth-order valence-electron chi connectivity index (χ4n) is 4.97. The lowest BCUT2D eigenvalue weighted by atomic mass is 9.90. The van der Waals surface area contributed by atoms with E-state index in [-0.39, 0.29) is 29.9 Å². The van der Waals surface area contributed by atoms with Gasteiger partial charge in [0.05, 0.1) is 28.6 Å². The van der Waals surface area contributed by atoms with Gasteiger partial charge in [0.1, 0.15) is 0 Å². The van der Waals surface area contributed by atoms with Crippen LogP contribution >= 0.6 is 11.6 Å². The lowest BCUT2D eigenvalue weighted by molar-refractivity contribution is 0.0940. The summed E-state index contributed by atoms with van der Waals surface area (Å²) in [5.74, 6) is -0.276. The molecule has 0 radical (unpaired) electrons. The number of nitrogens with zero attached hydrogens (tertiary/aromatic N) is 4. The quantitative estimate of drug-likeness (QED) is 0.403. The second kappa shape index (κ2) is 12.1. The number of allylic oxidation sites excluding steroid dienone is 1. The highest BCUT2D eigenvalue weighted by Gasteiger charge is 2.22. The van der Waals surface area contributed by atoms with E-state index in [4.69, 9.17) is 16.6 Å². The maximum absolute atomic E-state index is 12.9. The molecule has 2 amide bonds. The zero-order valence-corrected chi connectivity index (χ0v) is 23.3. The van der Waals surface area contributed by atoms with Crippen molar-refractivity contribution in [2.75, 3.05) is 23.3 Å². The first-order valence-corrected chi connectivity index (χ1v) is 13.8. The molecule has 2 aliphatic rings. The molecule has 208 valence electrons. The standard InChI is InChI=1S/C30H33ClN6O3/c1-19-15-22(33-29(39)20-3-7-24(8-4-20)37-13-11-25(38)12-14-37)5-9-27(19)35-28-10-6-23(16-26(28)31)34-30(40)21-17-32-36(2)18-21/h3-10,16-19,22,25,38H,11-15H2,1-2H3,(H,33,39)(H,34,40). The van der Waals surface area contributed by atoms with Crippen LogP contribution in [0.15, 0.2) is 72.0 Å². The number of aliphatic hydroxyl groups is 1. The van der Waals surface area contributed by atoms with E-state index in [0.717, 1.165) is 37.3 Å². The molecule has 0 spiro atoms. The lowest BCUT2D eigenvalue weighted by Gasteiger charge is -2.31. The zero-order valence-electron chi connectivity index (χ0n) is 22.5. The number of aromatic nitrogens is 2. The van der Waals surface area contributed by atoms with Gasteiger partial charge in [-0.15, -0.1) is 0 Å². The molecule has 1 aliphatic carbocycles. The second-order valence-corrected chi connectivity index (χ2v) is 10.8. The van der Waals surface area contributed by atoms with E-state index in [2.05, 4.69) is 27.6 Å². The summed E-state index contributed by atoms with van der Waals surface area (Å²) in [4.78, 5) is 32.3. The number of aliphatic hydroxyl groups excluding tert-OH is 1. The first kappa shape index (κ1) is 27.6. The number of rotatable bonds is 6. The summed E-state index contributed by atoms with van der Waals surface area (Å²) in [5, 5.41) is 20.1. The average molecular weight is 561 g/mol. The van der Waals surface area contributed by atoms with Gasteiger partial charge in [0.15, 0.2) is 0 Å². The molecule has 3 aromatic rings. The van der Waals surface area contributed by atoms with Crippen molar-refractivity contribution in [1.82, 2.24) is 15.1 Å². The molecule has 10 heteroatoms. The van der Waals surface area contributed by atoms with Crippen LogP contribution in [0.2, 0.25) is 5.02 Å². The third kappa shape index (κ3) is 6.60. The molecule has 2 unspecified atom stereocenters. The van der Waals surface area contributed by atoms with Gasteiger partial charge in [-0.3, -0.25) is 19.3 Å². The highest BCUT2D eigenvalue weighted by Crippen LogP contribution is 2.30. The summed E-state index contributed by atoms with van der Waals surface area (Å²) in [5.41, 5.74) is 4.19. The Bertz CT molecular complexity index is 1440. The molecule has 3 N–H and O–H groups in total. The Morgan fingerprint density at radius 1 is 1.07 bits per heavy atom. The second-order valence-electron chi connectivity index (χ2n) is 10.4. The zero-order chi connectivity index (χ0) is 28.2. The van der Waals surface area contributed by atoms with Gasteiger partial charge in [-0.25, -0.2) is 0 Å². The van der Waals surface area contributed by atoms with Crippen LogP contribution in [-0.4, -0.2) is 57.6 Å². The Kier molecular flexibility index (Phi) is 8.32. The number of piperidine rings is 1. The highest BCUT2D eigenvalue weighted by atomic mass is 35.5. The number of benzene rings is 2. The molecule has 1 saturated heterocycles. The van der Waals surface area contributed by atoms with E-state index in [1.807, 2.05) is 36.4 Å². The van der Waals surface area contributed by atoms with Gasteiger partial charge >= 0.3 is 0 Å². The number of carbonyl (C=O) groups excluding carboxylic acids is 2. The molecule has 0 bridgehead atoms. The van der Waals surface area contributed by atoms with Crippen molar-refractivity contribution in [3.8, 4) is 0 Å². The largest absolute Gasteiger partial charge is 0.393 e. The maximum atomic E-state index is 12.9. The lowest BCUT2D eigenvalue weighted by Crippen LogP contribution is -2.38. The number of anilines is 2. The normalized spacial score (nSPS) is 20.5. The summed E-state index contributed by atoms with van der Waals surface area (Å²) in [6, 6.07) is 12.7. The Labute approximate surface area is 238 Å². The first-order chi connectivity index (χ1) is 19.2. The van der Waals surface area contributed by atoms with Gasteiger partial charge in [-0.05, 0) is 67.8 Å². The van der Waals surface area contributed by atoms with Crippen molar-refractivity contribution >= 4 is 46.2 Å². The predicted molar refractivity (Wildman–Crippen MR) is 158 cm³/mol. The minimum absolute atomic E-state index is 0.105. The molecular weight excluding hydrogens is 528 g/mol. The smallest absolute Gasteiger partial charge is 0.258 e. The summed E-state index contributed by atoms with van der Waals surface area (Å²) < 4.78 is 1.57. The third-order valence-electron chi connectivity index (χ3n) is 7.31. The Morgan fingerprint density at radius 2 is 1.82 bits per heavy atom. The number of hydrogen-bond acceptors (Lipinski definition) is 6. The number of hydrogen-bond donors (Lipinski definition) is 3. The SMILES string of the molecule is CC1CC(NC(=O)c2ccc(N3CCC(O)CC3)cc2)C=CC1=Nc1ccc(NC(=O)c2cnn(C)c2)cc1Cl. The summed E-state index contributed by atoms with van der Waals surface area (Å²) >= 11 is 6.49. The number of nitrogens with one attached hydrogen (secondary N) is 2. The summed E-state index contributed by atoms with van der Waals surface area (Å²) in [7, 11) is 1.75. The predicted octanol–water partition coefficient (Wildman–Crippen LogP) is 4.75. The Balaban J connectivity index is 1.18. The minimum Gasteiger partial charge on any atom is -0.393 e. The van der Waals surface area contributed by atoms with Gasteiger partial charge in [0, 0.05) is 60.9 Å². The minimum atomic E-state index is -0.265. The molecule has 2 atom stereocenters. The van der Waals surface area contributed by atoms with Gasteiger partial charge in [0.25, 0.3) is 11.8 Å². The van der Waals surface area contributed by atoms with Crippen LogP contribution in [0.1, 0.15) is 46.9 Å². The third-order valence-corrected chi connectivity index (χ3v) is 7.61. The van der Waals surface area contributed by atoms with E-state index in [1.54, 1.807) is 36.1 Å². The number of amides is 2. The van der Waals surface area contributed by atoms with Gasteiger partial charge < -0.3 is 20.6 Å². The average Bonchev–Trinajstić information content (AvgIpc) is 3.38. The van der Waals surface area contributed by atoms with Crippen molar-refractivity contribution in [3.05, 3.63) is 83.2 Å². The van der Waals surface area contributed by atoms with E-state index >= 15 is 0 Å². The monoisotopic (exact) mass is 560 g/mol. The molecule has 40 heavy (non-hydrogen) atoms. The molecular formula is C30H33ClN6O3. The van der Waals surface area contributed by atoms with Gasteiger partial charge in [-0.1, -0.05) is 24.6 Å². The van der Waals surface area contributed by atoms with Crippen molar-refractivity contribution in [2.45, 2.75) is 38.3 Å². The highest BCUT2D eigenvalue weighted by molar-refractivity contribution is 6.33. The maximum Gasteiger partial charge on any atom is 0.258 e. The Morgan fingerprint density at radius 3 is 2.48 bits per heavy atom. The molecule has 9 nitrogen and oxygen atoms in total. The molecule has 2 aromatic carbocycles. The summed E-state index contributed by atoms with van der Waals surface area (Å²) in [6.07, 6.45) is 9.07. The first-order valence-electron chi connectivity index (χ1n) is 13.5. The van der Waals surface area contributed by atoms with Crippen molar-refractivity contribution < 1.29 is 14.7 Å². The molecule has 1 fully saturated rings. The topological polar surface area (TPSA) is 112 Å². The van der Waals surface area contributed by atoms with Crippen LogP contribution in [0.4, 0.5) is 17.1 Å². The van der Waals surface area contributed by atoms with Crippen LogP contribution in [0.25, 0.3) is 0 Å². The van der Waals surface area contributed by atoms with Crippen molar-refractivity contribution in [1.29, 1.82) is 0 Å². The number of aryl methyl sites for hydroxylation is 1. The van der Waals surface area contributed by atoms with Crippen molar-refractivity contribution in [2.24, 2.45) is 18.0 Å². The van der Waals surface area contributed by atoms with Gasteiger partial charge in [0.2, 0.25) is 0 Å². The number of carbonyl (C=O) groups is 2. The van der Waals surface area contributed by atoms with Crippen molar-refractivity contribution in [3.63, 3.8) is 0 Å².